The van der Waals surface area contributed by atoms with Gasteiger partial charge in [0, 0.05) is 49.1 Å². The van der Waals surface area contributed by atoms with Gasteiger partial charge in [0.15, 0.2) is 23.1 Å². The molecule has 0 saturated carbocycles. The molecule has 11 nitrogen and oxygen atoms in total. The lowest BCUT2D eigenvalue weighted by molar-refractivity contribution is 0.0255. The molecule has 2 aromatic heterocycles. The maximum atomic E-state index is 13.5. The number of hydrogen-bond acceptors (Lipinski definition) is 10. The minimum absolute atomic E-state index is 0.106. The molecule has 220 valence electrons. The summed E-state index contributed by atoms with van der Waals surface area (Å²) in [5.74, 6) is 2.10. The van der Waals surface area contributed by atoms with Gasteiger partial charge in [-0.1, -0.05) is 12.1 Å². The molecular formula is C30H34N6O5S. The molecule has 0 spiro atoms. The van der Waals surface area contributed by atoms with E-state index in [0.29, 0.717) is 72.4 Å². The van der Waals surface area contributed by atoms with E-state index in [1.807, 2.05) is 51.1 Å². The summed E-state index contributed by atoms with van der Waals surface area (Å²) in [5.41, 5.74) is 3.78. The zero-order valence-corrected chi connectivity index (χ0v) is 25.2. The number of rotatable bonds is 6. The van der Waals surface area contributed by atoms with Gasteiger partial charge in [0.05, 0.1) is 19.7 Å². The summed E-state index contributed by atoms with van der Waals surface area (Å²) >= 11 is 1.41. The van der Waals surface area contributed by atoms with Crippen LogP contribution < -0.4 is 14.8 Å². The predicted molar refractivity (Wildman–Crippen MR) is 162 cm³/mol. The molecule has 5 rings (SSSR count). The second-order valence-electron chi connectivity index (χ2n) is 10.8. The largest absolute Gasteiger partial charge is 0.493 e. The smallest absolute Gasteiger partial charge is 0.410 e. The highest BCUT2D eigenvalue weighted by Crippen LogP contribution is 2.33. The molecule has 12 heteroatoms. The summed E-state index contributed by atoms with van der Waals surface area (Å²) in [6.07, 6.45) is 0.313. The molecule has 1 saturated heterocycles. The fourth-order valence-corrected chi connectivity index (χ4v) is 5.29. The molecule has 2 amide bonds. The van der Waals surface area contributed by atoms with E-state index < -0.39 is 5.60 Å². The maximum Gasteiger partial charge on any atom is 0.410 e. The molecule has 0 aliphatic carbocycles. The second kappa shape index (κ2) is 12.2. The van der Waals surface area contributed by atoms with E-state index in [1.54, 1.807) is 41.7 Å². The van der Waals surface area contributed by atoms with Crippen LogP contribution in [0.25, 0.3) is 21.7 Å². The van der Waals surface area contributed by atoms with Crippen LogP contribution in [-0.4, -0.2) is 82.8 Å². The standard InChI is InChI=1S/C30H34N6O5S/c1-30(2,3)41-29(38)36-13-7-12-35(14-15-36)28(37)20-9-6-8-19(16-20)25-33-26(24-27(34-25)42-18-31-24)32-21-10-11-22(39-4)23(17-21)40-5/h6,8-11,16-18H,7,12-15H2,1-5H3,(H,32,33,34). The Bertz CT molecular complexity index is 1600. The van der Waals surface area contributed by atoms with Gasteiger partial charge < -0.3 is 29.3 Å². The van der Waals surface area contributed by atoms with E-state index in [2.05, 4.69) is 10.3 Å². The van der Waals surface area contributed by atoms with Gasteiger partial charge >= 0.3 is 6.09 Å². The molecule has 3 heterocycles. The van der Waals surface area contributed by atoms with Crippen LogP contribution in [0.1, 0.15) is 37.6 Å². The Kier molecular flexibility index (Phi) is 8.44. The SMILES string of the molecule is COc1ccc(Nc2nc(-c3cccc(C(=O)N4CCCN(C(=O)OC(C)(C)C)CC4)c3)nc3scnc23)cc1OC. The summed E-state index contributed by atoms with van der Waals surface area (Å²) in [4.78, 5) is 44.2. The van der Waals surface area contributed by atoms with Crippen molar-refractivity contribution in [3.63, 3.8) is 0 Å². The number of fused-ring (bicyclic) bond motifs is 1. The molecule has 1 N–H and O–H groups in total. The van der Waals surface area contributed by atoms with Crippen molar-refractivity contribution in [3.05, 3.63) is 53.5 Å². The minimum Gasteiger partial charge on any atom is -0.493 e. The Morgan fingerprint density at radius 1 is 0.929 bits per heavy atom. The number of thiazole rings is 1. The molecule has 42 heavy (non-hydrogen) atoms. The van der Waals surface area contributed by atoms with Gasteiger partial charge in [0.25, 0.3) is 5.91 Å². The lowest BCUT2D eigenvalue weighted by Crippen LogP contribution is -2.40. The number of anilines is 2. The Morgan fingerprint density at radius 2 is 1.69 bits per heavy atom. The molecular weight excluding hydrogens is 556 g/mol. The van der Waals surface area contributed by atoms with E-state index in [9.17, 15) is 9.59 Å². The molecule has 1 fully saturated rings. The number of aromatic nitrogens is 3. The summed E-state index contributed by atoms with van der Waals surface area (Å²) in [7, 11) is 3.17. The number of nitrogens with zero attached hydrogens (tertiary/aromatic N) is 5. The lowest BCUT2D eigenvalue weighted by Gasteiger charge is -2.26. The normalized spacial score (nSPS) is 13.9. The Balaban J connectivity index is 1.37. The number of ether oxygens (including phenoxy) is 3. The zero-order chi connectivity index (χ0) is 29.9. The monoisotopic (exact) mass is 590 g/mol. The summed E-state index contributed by atoms with van der Waals surface area (Å²) in [6.45, 7) is 7.45. The average Bonchev–Trinajstić information content (AvgIpc) is 3.32. The van der Waals surface area contributed by atoms with E-state index in [0.717, 1.165) is 10.5 Å². The van der Waals surface area contributed by atoms with Gasteiger partial charge in [-0.25, -0.2) is 19.7 Å². The van der Waals surface area contributed by atoms with Crippen molar-refractivity contribution in [1.82, 2.24) is 24.8 Å². The number of carbonyl (C=O) groups excluding carboxylic acids is 2. The van der Waals surface area contributed by atoms with E-state index in [1.165, 1.54) is 11.3 Å². The molecule has 0 atom stereocenters. The summed E-state index contributed by atoms with van der Waals surface area (Å²) < 4.78 is 16.3. The number of nitrogens with one attached hydrogen (secondary N) is 1. The van der Waals surface area contributed by atoms with Crippen LogP contribution in [0.4, 0.5) is 16.3 Å². The molecule has 4 aromatic rings. The van der Waals surface area contributed by atoms with E-state index in [-0.39, 0.29) is 12.0 Å². The first-order chi connectivity index (χ1) is 20.1. The summed E-state index contributed by atoms with van der Waals surface area (Å²) in [6, 6.07) is 12.8. The van der Waals surface area contributed by atoms with Gasteiger partial charge in [-0.15, -0.1) is 11.3 Å². The van der Waals surface area contributed by atoms with Gasteiger partial charge in [-0.2, -0.15) is 0 Å². The van der Waals surface area contributed by atoms with E-state index >= 15 is 0 Å². The third-order valence-electron chi connectivity index (χ3n) is 6.65. The van der Waals surface area contributed by atoms with Gasteiger partial charge in [0.1, 0.15) is 15.9 Å². The Labute approximate surface area is 248 Å². The molecule has 0 radical (unpaired) electrons. The van der Waals surface area contributed by atoms with Gasteiger partial charge in [-0.3, -0.25) is 4.79 Å². The first-order valence-corrected chi connectivity index (χ1v) is 14.5. The van der Waals surface area contributed by atoms with Crippen LogP contribution in [0.2, 0.25) is 0 Å². The predicted octanol–water partition coefficient (Wildman–Crippen LogP) is 5.60. The van der Waals surface area contributed by atoms with Crippen LogP contribution >= 0.6 is 11.3 Å². The van der Waals surface area contributed by atoms with Crippen molar-refractivity contribution in [2.75, 3.05) is 45.7 Å². The lowest BCUT2D eigenvalue weighted by atomic mass is 10.1. The number of carbonyl (C=O) groups is 2. The van der Waals surface area contributed by atoms with Crippen molar-refractivity contribution in [2.24, 2.45) is 0 Å². The third-order valence-corrected chi connectivity index (χ3v) is 7.37. The van der Waals surface area contributed by atoms with Crippen molar-refractivity contribution in [3.8, 4) is 22.9 Å². The van der Waals surface area contributed by atoms with Crippen LogP contribution in [-0.2, 0) is 4.74 Å². The number of hydrogen-bond donors (Lipinski definition) is 1. The zero-order valence-electron chi connectivity index (χ0n) is 24.3. The molecule has 1 aliphatic rings. The van der Waals surface area contributed by atoms with Gasteiger partial charge in [0.2, 0.25) is 0 Å². The van der Waals surface area contributed by atoms with Crippen LogP contribution in [0.3, 0.4) is 0 Å². The Hall–Kier alpha value is -4.45. The number of amides is 2. The van der Waals surface area contributed by atoms with Gasteiger partial charge in [-0.05, 0) is 51.5 Å². The van der Waals surface area contributed by atoms with Crippen molar-refractivity contribution in [2.45, 2.75) is 32.8 Å². The average molecular weight is 591 g/mol. The highest BCUT2D eigenvalue weighted by Gasteiger charge is 2.26. The minimum atomic E-state index is -0.569. The highest BCUT2D eigenvalue weighted by molar-refractivity contribution is 7.16. The van der Waals surface area contributed by atoms with Crippen molar-refractivity contribution < 1.29 is 23.8 Å². The first-order valence-electron chi connectivity index (χ1n) is 13.6. The summed E-state index contributed by atoms with van der Waals surface area (Å²) in [5, 5.41) is 3.33. The molecule has 0 unspecified atom stereocenters. The fraction of sp³-hybridized carbons (Fsp3) is 0.367. The topological polar surface area (TPSA) is 119 Å². The second-order valence-corrected chi connectivity index (χ2v) is 11.6. The van der Waals surface area contributed by atoms with Crippen LogP contribution in [0, 0.1) is 0 Å². The maximum absolute atomic E-state index is 13.5. The Morgan fingerprint density at radius 3 is 2.45 bits per heavy atom. The third kappa shape index (κ3) is 6.54. The van der Waals surface area contributed by atoms with Crippen LogP contribution in [0.15, 0.2) is 48.0 Å². The van der Waals surface area contributed by atoms with Crippen molar-refractivity contribution >= 4 is 45.2 Å². The quantitative estimate of drug-likeness (QED) is 0.306. The molecule has 0 bridgehead atoms. The van der Waals surface area contributed by atoms with E-state index in [4.69, 9.17) is 24.2 Å². The molecule has 1 aliphatic heterocycles. The fourth-order valence-electron chi connectivity index (χ4n) is 4.63. The molecule has 2 aromatic carbocycles. The van der Waals surface area contributed by atoms with Crippen molar-refractivity contribution in [1.29, 1.82) is 0 Å². The van der Waals surface area contributed by atoms with Crippen LogP contribution in [0.5, 0.6) is 11.5 Å². The highest BCUT2D eigenvalue weighted by atomic mass is 32.1. The number of benzene rings is 2. The number of methoxy groups -OCH3 is 2. The first kappa shape index (κ1) is 29.1.